The van der Waals surface area contributed by atoms with Gasteiger partial charge in [0.05, 0.1) is 11.3 Å². The average molecular weight is 447 g/mol. The minimum atomic E-state index is -0.0502. The van der Waals surface area contributed by atoms with E-state index in [1.807, 2.05) is 67.6 Å². The Labute approximate surface area is 186 Å². The first-order valence-corrected chi connectivity index (χ1v) is 11.5. The minimum Gasteiger partial charge on any atom is -0.338 e. The lowest BCUT2D eigenvalue weighted by Crippen LogP contribution is -2.18. The molecule has 6 nitrogen and oxygen atoms in total. The average Bonchev–Trinajstić information content (AvgIpc) is 3.44. The van der Waals surface area contributed by atoms with Crippen molar-refractivity contribution in [2.24, 2.45) is 7.05 Å². The molecule has 0 N–H and O–H groups in total. The SMILES string of the molecule is Cc1ccccc1-c1noc(CSc2nc3cc(-c4ccccc4)sc3c(=O)n2C)n1. The molecule has 0 aliphatic carbocycles. The lowest BCUT2D eigenvalue weighted by Gasteiger charge is -2.05. The van der Waals surface area contributed by atoms with Gasteiger partial charge in [-0.15, -0.1) is 11.3 Å². The van der Waals surface area contributed by atoms with Crippen molar-refractivity contribution < 1.29 is 4.52 Å². The van der Waals surface area contributed by atoms with Crippen LogP contribution in [0.2, 0.25) is 0 Å². The van der Waals surface area contributed by atoms with Gasteiger partial charge in [0.2, 0.25) is 11.7 Å². The maximum atomic E-state index is 12.9. The molecule has 0 atom stereocenters. The molecule has 0 saturated heterocycles. The van der Waals surface area contributed by atoms with E-state index >= 15 is 0 Å². The van der Waals surface area contributed by atoms with Crippen molar-refractivity contribution in [3.63, 3.8) is 0 Å². The predicted molar refractivity (Wildman–Crippen MR) is 124 cm³/mol. The predicted octanol–water partition coefficient (Wildman–Crippen LogP) is 5.31. The summed E-state index contributed by atoms with van der Waals surface area (Å²) in [6.45, 7) is 2.01. The van der Waals surface area contributed by atoms with Crippen LogP contribution in [-0.4, -0.2) is 19.7 Å². The standard InChI is InChI=1S/C23H18N4O2S2/c1-14-8-6-7-11-16(14)21-25-19(29-26-21)13-30-23-24-17-12-18(15-9-4-3-5-10-15)31-20(17)22(28)27(23)2/h3-12H,13H2,1-2H3. The third kappa shape index (κ3) is 3.80. The third-order valence-corrected chi connectivity index (χ3v) is 7.13. The maximum Gasteiger partial charge on any atom is 0.271 e. The molecule has 2 aromatic carbocycles. The summed E-state index contributed by atoms with van der Waals surface area (Å²) in [6.07, 6.45) is 0. The molecule has 0 radical (unpaired) electrons. The topological polar surface area (TPSA) is 73.8 Å². The van der Waals surface area contributed by atoms with Crippen LogP contribution in [0.1, 0.15) is 11.5 Å². The second kappa shape index (κ2) is 8.13. The van der Waals surface area contributed by atoms with E-state index in [4.69, 9.17) is 9.51 Å². The summed E-state index contributed by atoms with van der Waals surface area (Å²) in [5.41, 5.74) is 3.77. The van der Waals surface area contributed by atoms with Crippen LogP contribution in [-0.2, 0) is 12.8 Å². The third-order valence-electron chi connectivity index (χ3n) is 4.95. The number of fused-ring (bicyclic) bond motifs is 1. The molecule has 0 amide bonds. The molecule has 5 aromatic rings. The van der Waals surface area contributed by atoms with Crippen LogP contribution in [0.4, 0.5) is 0 Å². The molecule has 0 bridgehead atoms. The highest BCUT2D eigenvalue weighted by Gasteiger charge is 2.16. The molecular weight excluding hydrogens is 428 g/mol. The van der Waals surface area contributed by atoms with E-state index in [1.54, 1.807) is 11.6 Å². The quantitative estimate of drug-likeness (QED) is 0.269. The molecule has 31 heavy (non-hydrogen) atoms. The first kappa shape index (κ1) is 19.7. The Morgan fingerprint density at radius 1 is 1.06 bits per heavy atom. The number of rotatable bonds is 5. The van der Waals surface area contributed by atoms with E-state index < -0.39 is 0 Å². The lowest BCUT2D eigenvalue weighted by molar-refractivity contribution is 0.391. The van der Waals surface area contributed by atoms with E-state index in [-0.39, 0.29) is 5.56 Å². The van der Waals surface area contributed by atoms with Gasteiger partial charge in [0.25, 0.3) is 5.56 Å². The van der Waals surface area contributed by atoms with E-state index in [2.05, 4.69) is 10.1 Å². The van der Waals surface area contributed by atoms with E-state index in [1.165, 1.54) is 23.1 Å². The highest BCUT2D eigenvalue weighted by atomic mass is 32.2. The first-order chi connectivity index (χ1) is 15.1. The molecule has 154 valence electrons. The fourth-order valence-electron chi connectivity index (χ4n) is 3.28. The number of thiophene rings is 1. The Morgan fingerprint density at radius 3 is 2.65 bits per heavy atom. The van der Waals surface area contributed by atoms with E-state index in [0.717, 1.165) is 21.6 Å². The fraction of sp³-hybridized carbons (Fsp3) is 0.130. The molecule has 8 heteroatoms. The maximum absolute atomic E-state index is 12.9. The highest BCUT2D eigenvalue weighted by molar-refractivity contribution is 7.98. The van der Waals surface area contributed by atoms with Crippen molar-refractivity contribution >= 4 is 33.3 Å². The fourth-order valence-corrected chi connectivity index (χ4v) is 5.17. The Hall–Kier alpha value is -3.23. The van der Waals surface area contributed by atoms with Gasteiger partial charge in [0.15, 0.2) is 5.16 Å². The molecule has 0 fully saturated rings. The number of aryl methyl sites for hydroxylation is 1. The summed E-state index contributed by atoms with van der Waals surface area (Å²) in [5, 5.41) is 4.72. The van der Waals surface area contributed by atoms with Gasteiger partial charge in [-0.1, -0.05) is 71.5 Å². The minimum absolute atomic E-state index is 0.0502. The molecule has 0 unspecified atom stereocenters. The number of hydrogen-bond donors (Lipinski definition) is 0. The Kier molecular flexibility index (Phi) is 5.17. The van der Waals surface area contributed by atoms with Gasteiger partial charge in [-0.2, -0.15) is 4.98 Å². The van der Waals surface area contributed by atoms with Gasteiger partial charge in [0, 0.05) is 17.5 Å². The largest absolute Gasteiger partial charge is 0.338 e. The number of aromatic nitrogens is 4. The zero-order chi connectivity index (χ0) is 21.4. The molecule has 5 rings (SSSR count). The highest BCUT2D eigenvalue weighted by Crippen LogP contribution is 2.32. The summed E-state index contributed by atoms with van der Waals surface area (Å²) in [4.78, 5) is 23.2. The van der Waals surface area contributed by atoms with Crippen LogP contribution >= 0.6 is 23.1 Å². The van der Waals surface area contributed by atoms with E-state index in [9.17, 15) is 4.79 Å². The van der Waals surface area contributed by atoms with Gasteiger partial charge in [-0.05, 0) is 24.1 Å². The summed E-state index contributed by atoms with van der Waals surface area (Å²) in [6, 6.07) is 19.9. The van der Waals surface area contributed by atoms with Crippen molar-refractivity contribution in [3.05, 3.63) is 82.5 Å². The molecule has 0 spiro atoms. The van der Waals surface area contributed by atoms with Crippen LogP contribution in [0.5, 0.6) is 0 Å². The lowest BCUT2D eigenvalue weighted by atomic mass is 10.1. The monoisotopic (exact) mass is 446 g/mol. The van der Waals surface area contributed by atoms with Gasteiger partial charge in [0.1, 0.15) is 4.70 Å². The molecule has 3 heterocycles. The zero-order valence-corrected chi connectivity index (χ0v) is 18.5. The van der Waals surface area contributed by atoms with Crippen molar-refractivity contribution in [2.75, 3.05) is 0 Å². The molecule has 3 aromatic heterocycles. The van der Waals surface area contributed by atoms with Crippen LogP contribution in [0.15, 0.2) is 75.1 Å². The van der Waals surface area contributed by atoms with Crippen LogP contribution in [0, 0.1) is 6.92 Å². The van der Waals surface area contributed by atoms with Crippen LogP contribution < -0.4 is 5.56 Å². The number of nitrogens with zero attached hydrogens (tertiary/aromatic N) is 4. The van der Waals surface area contributed by atoms with Gasteiger partial charge in [-0.25, -0.2) is 4.98 Å². The number of thioether (sulfide) groups is 1. The molecular formula is C23H18N4O2S2. The molecule has 0 aliphatic heterocycles. The Bertz CT molecular complexity index is 1440. The van der Waals surface area contributed by atoms with Crippen LogP contribution in [0.25, 0.3) is 32.0 Å². The molecule has 0 aliphatic rings. The van der Waals surface area contributed by atoms with Crippen LogP contribution in [0.3, 0.4) is 0 Å². The van der Waals surface area contributed by atoms with Crippen molar-refractivity contribution in [3.8, 4) is 21.8 Å². The Balaban J connectivity index is 1.42. The molecule has 0 saturated carbocycles. The number of hydrogen-bond acceptors (Lipinski definition) is 7. The second-order valence-corrected chi connectivity index (χ2v) is 9.06. The van der Waals surface area contributed by atoms with Crippen molar-refractivity contribution in [2.45, 2.75) is 17.8 Å². The summed E-state index contributed by atoms with van der Waals surface area (Å²) in [7, 11) is 1.74. The summed E-state index contributed by atoms with van der Waals surface area (Å²) >= 11 is 2.88. The second-order valence-electron chi connectivity index (χ2n) is 7.06. The first-order valence-electron chi connectivity index (χ1n) is 9.67. The van der Waals surface area contributed by atoms with Gasteiger partial charge < -0.3 is 4.52 Å². The van der Waals surface area contributed by atoms with Crippen molar-refractivity contribution in [1.82, 2.24) is 19.7 Å². The van der Waals surface area contributed by atoms with Gasteiger partial charge in [-0.3, -0.25) is 9.36 Å². The normalized spacial score (nSPS) is 11.3. The van der Waals surface area contributed by atoms with E-state index in [0.29, 0.717) is 32.8 Å². The zero-order valence-electron chi connectivity index (χ0n) is 16.9. The summed E-state index contributed by atoms with van der Waals surface area (Å²) in [5.74, 6) is 1.49. The smallest absolute Gasteiger partial charge is 0.271 e. The van der Waals surface area contributed by atoms with Crippen molar-refractivity contribution in [1.29, 1.82) is 0 Å². The van der Waals surface area contributed by atoms with Gasteiger partial charge >= 0.3 is 0 Å². The number of benzene rings is 2. The Morgan fingerprint density at radius 2 is 1.84 bits per heavy atom. The summed E-state index contributed by atoms with van der Waals surface area (Å²) < 4.78 is 7.66.